The summed E-state index contributed by atoms with van der Waals surface area (Å²) < 4.78 is 11.0. The lowest BCUT2D eigenvalue weighted by molar-refractivity contribution is -0.358. The van der Waals surface area contributed by atoms with Gasteiger partial charge in [-0.05, 0) is 27.2 Å². The van der Waals surface area contributed by atoms with Crippen molar-refractivity contribution < 1.29 is 29.3 Å². The van der Waals surface area contributed by atoms with Crippen LogP contribution in [0.15, 0.2) is 0 Å². The Labute approximate surface area is 122 Å². The Hall–Kier alpha value is -1.34. The normalized spacial score (nSPS) is 41.2. The molecule has 1 spiro atoms. The van der Waals surface area contributed by atoms with Crippen molar-refractivity contribution in [3.05, 3.63) is 0 Å². The highest BCUT2D eigenvalue weighted by atomic mass is 16.6. The molecule has 0 aromatic rings. The van der Waals surface area contributed by atoms with Gasteiger partial charge < -0.3 is 24.6 Å². The molecule has 7 nitrogen and oxygen atoms in total. The summed E-state index contributed by atoms with van der Waals surface area (Å²) in [5.74, 6) is -1.27. The molecular weight excluding hydrogens is 278 g/mol. The van der Waals surface area contributed by atoms with E-state index < -0.39 is 35.0 Å². The van der Waals surface area contributed by atoms with E-state index in [0.29, 0.717) is 6.54 Å². The van der Waals surface area contributed by atoms with Gasteiger partial charge in [0.2, 0.25) is 0 Å². The van der Waals surface area contributed by atoms with Gasteiger partial charge in [-0.25, -0.2) is 9.59 Å². The third-order valence-corrected chi connectivity index (χ3v) is 4.52. The van der Waals surface area contributed by atoms with E-state index >= 15 is 0 Å². The third kappa shape index (κ3) is 2.10. The third-order valence-electron chi connectivity index (χ3n) is 4.52. The van der Waals surface area contributed by atoms with E-state index in [4.69, 9.17) is 9.47 Å². The monoisotopic (exact) mass is 299 g/mol. The van der Waals surface area contributed by atoms with Gasteiger partial charge in [0.15, 0.2) is 5.60 Å². The zero-order valence-corrected chi connectivity index (χ0v) is 12.5. The first kappa shape index (κ1) is 14.6. The zero-order valence-electron chi connectivity index (χ0n) is 12.5. The minimum atomic E-state index is -1.18. The summed E-state index contributed by atoms with van der Waals surface area (Å²) in [4.78, 5) is 25.0. The average Bonchev–Trinajstić information content (AvgIpc) is 2.22. The molecule has 4 aliphatic rings. The first-order valence-corrected chi connectivity index (χ1v) is 7.17. The number of rotatable bonds is 1. The Morgan fingerprint density at radius 1 is 1.38 bits per heavy atom. The van der Waals surface area contributed by atoms with Crippen LogP contribution < -0.4 is 0 Å². The maximum Gasteiger partial charge on any atom is 0.410 e. The predicted octanol–water partition coefficient (Wildman–Crippen LogP) is 0.600. The number of piperidine rings is 1. The number of ether oxygens (including phenoxy) is 2. The molecule has 0 aromatic heterocycles. The van der Waals surface area contributed by atoms with Crippen molar-refractivity contribution in [1.82, 2.24) is 4.90 Å². The second-order valence-corrected chi connectivity index (χ2v) is 7.41. The van der Waals surface area contributed by atoms with Gasteiger partial charge in [-0.3, -0.25) is 0 Å². The molecule has 7 heteroatoms. The van der Waals surface area contributed by atoms with Crippen molar-refractivity contribution in [3.8, 4) is 0 Å². The van der Waals surface area contributed by atoms with Crippen LogP contribution in [0.1, 0.15) is 33.6 Å². The summed E-state index contributed by atoms with van der Waals surface area (Å²) >= 11 is 0. The molecule has 4 unspecified atom stereocenters. The van der Waals surface area contributed by atoms with Gasteiger partial charge >= 0.3 is 12.1 Å². The smallest absolute Gasteiger partial charge is 0.410 e. The SMILES string of the molecule is CC(C)(C)OC(=O)N1CC2CC3(C(=O)O)CC(C1)(O3)C2O. The van der Waals surface area contributed by atoms with E-state index in [2.05, 4.69) is 0 Å². The van der Waals surface area contributed by atoms with E-state index in [-0.39, 0.29) is 25.3 Å². The Morgan fingerprint density at radius 2 is 2.00 bits per heavy atom. The molecule has 3 bridgehead atoms. The molecule has 3 saturated heterocycles. The number of likely N-dealkylation sites (tertiary alicyclic amines) is 1. The molecule has 4 rings (SSSR count). The van der Waals surface area contributed by atoms with Crippen LogP contribution in [0.25, 0.3) is 0 Å². The van der Waals surface area contributed by atoms with Crippen molar-refractivity contribution in [2.24, 2.45) is 5.92 Å². The molecule has 1 aliphatic carbocycles. The molecule has 3 heterocycles. The van der Waals surface area contributed by atoms with Gasteiger partial charge in [0.1, 0.15) is 11.2 Å². The van der Waals surface area contributed by atoms with Crippen LogP contribution in [0, 0.1) is 5.92 Å². The number of aliphatic hydroxyl groups excluding tert-OH is 1. The average molecular weight is 299 g/mol. The molecule has 0 aromatic carbocycles. The molecule has 4 fully saturated rings. The lowest BCUT2D eigenvalue weighted by Crippen LogP contribution is -2.81. The van der Waals surface area contributed by atoms with Crippen LogP contribution in [-0.2, 0) is 14.3 Å². The number of amides is 1. The zero-order chi connectivity index (χ0) is 15.6. The number of nitrogens with zero attached hydrogens (tertiary/aromatic N) is 1. The van der Waals surface area contributed by atoms with E-state index in [0.717, 1.165) is 0 Å². The Bertz CT molecular complexity index is 485. The molecule has 2 N–H and O–H groups in total. The summed E-state index contributed by atoms with van der Waals surface area (Å²) in [6.07, 6.45) is -0.703. The topological polar surface area (TPSA) is 96.3 Å². The molecule has 21 heavy (non-hydrogen) atoms. The molecule has 0 radical (unpaired) electrons. The van der Waals surface area contributed by atoms with Gasteiger partial charge in [-0.1, -0.05) is 0 Å². The van der Waals surface area contributed by atoms with Gasteiger partial charge in [0.05, 0.1) is 12.6 Å². The number of aliphatic hydroxyl groups is 1. The largest absolute Gasteiger partial charge is 0.479 e. The quantitative estimate of drug-likeness (QED) is 0.736. The summed E-state index contributed by atoms with van der Waals surface area (Å²) in [6.45, 7) is 5.85. The molecule has 1 saturated carbocycles. The molecule has 3 aliphatic heterocycles. The van der Waals surface area contributed by atoms with E-state index in [1.54, 1.807) is 20.8 Å². The second kappa shape index (κ2) is 4.10. The van der Waals surface area contributed by atoms with Crippen molar-refractivity contribution in [1.29, 1.82) is 0 Å². The highest BCUT2D eigenvalue weighted by molar-refractivity contribution is 5.80. The van der Waals surface area contributed by atoms with Gasteiger partial charge in [-0.2, -0.15) is 0 Å². The number of carboxylic acid groups (broad SMARTS) is 1. The van der Waals surface area contributed by atoms with Gasteiger partial charge in [0.25, 0.3) is 0 Å². The first-order valence-electron chi connectivity index (χ1n) is 7.17. The van der Waals surface area contributed by atoms with Crippen LogP contribution >= 0.6 is 0 Å². The van der Waals surface area contributed by atoms with Gasteiger partial charge in [-0.15, -0.1) is 0 Å². The summed E-state index contributed by atoms with van der Waals surface area (Å²) in [6, 6.07) is 0. The summed E-state index contributed by atoms with van der Waals surface area (Å²) in [5.41, 5.74) is -2.72. The molecule has 118 valence electrons. The summed E-state index contributed by atoms with van der Waals surface area (Å²) in [7, 11) is 0. The molecule has 4 atom stereocenters. The molecule has 1 amide bonds. The van der Waals surface area contributed by atoms with Crippen LogP contribution in [0.5, 0.6) is 0 Å². The minimum Gasteiger partial charge on any atom is -0.479 e. The molecular formula is C14H21NO6. The fourth-order valence-corrected chi connectivity index (χ4v) is 3.80. The minimum absolute atomic E-state index is 0.175. The highest BCUT2D eigenvalue weighted by Crippen LogP contribution is 2.57. The van der Waals surface area contributed by atoms with Crippen LogP contribution in [0.3, 0.4) is 0 Å². The fraction of sp³-hybridized carbons (Fsp3) is 0.857. The standard InChI is InChI=1S/C14H21NO6/c1-12(2,3)20-11(19)15-5-8-4-13(10(17)18)6-14(7-15,21-13)9(8)16/h8-9,16H,4-7H2,1-3H3,(H,17,18). The van der Waals surface area contributed by atoms with Gasteiger partial charge in [0, 0.05) is 18.9 Å². The Morgan fingerprint density at radius 3 is 2.48 bits per heavy atom. The van der Waals surface area contributed by atoms with Crippen molar-refractivity contribution in [2.45, 2.75) is 56.5 Å². The first-order chi connectivity index (χ1) is 9.57. The lowest BCUT2D eigenvalue weighted by atomic mass is 9.60. The highest BCUT2D eigenvalue weighted by Gasteiger charge is 2.72. The Kier molecular flexibility index (Phi) is 2.85. The van der Waals surface area contributed by atoms with Crippen molar-refractivity contribution in [3.63, 3.8) is 0 Å². The van der Waals surface area contributed by atoms with Crippen LogP contribution in [0.2, 0.25) is 0 Å². The number of carbonyl (C=O) groups is 2. The second-order valence-electron chi connectivity index (χ2n) is 7.41. The number of carboxylic acids is 1. The van der Waals surface area contributed by atoms with Crippen LogP contribution in [-0.4, -0.2) is 63.2 Å². The maximum atomic E-state index is 12.2. The van der Waals surface area contributed by atoms with Crippen molar-refractivity contribution in [2.75, 3.05) is 13.1 Å². The fourth-order valence-electron chi connectivity index (χ4n) is 3.80. The number of aliphatic carboxylic acids is 1. The number of carbonyl (C=O) groups excluding carboxylic acids is 1. The Balaban J connectivity index is 1.76. The predicted molar refractivity (Wildman–Crippen MR) is 70.7 cm³/mol. The summed E-state index contributed by atoms with van der Waals surface area (Å²) in [5, 5.41) is 19.6. The number of hydrogen-bond donors (Lipinski definition) is 2. The van der Waals surface area contributed by atoms with Crippen molar-refractivity contribution >= 4 is 12.1 Å². The van der Waals surface area contributed by atoms with E-state index in [1.807, 2.05) is 0 Å². The van der Waals surface area contributed by atoms with E-state index in [9.17, 15) is 19.8 Å². The van der Waals surface area contributed by atoms with Crippen LogP contribution in [0.4, 0.5) is 4.79 Å². The number of hydrogen-bond acceptors (Lipinski definition) is 5. The lowest BCUT2D eigenvalue weighted by Gasteiger charge is -2.66. The maximum absolute atomic E-state index is 12.2. The van der Waals surface area contributed by atoms with E-state index in [1.165, 1.54) is 4.90 Å².